The topological polar surface area (TPSA) is 48.0 Å². The minimum atomic E-state index is -0.503. The fraction of sp³-hybridized carbons (Fsp3) is 0.435. The second kappa shape index (κ2) is 8.23. The average molecular weight is 381 g/mol. The molecule has 1 atom stereocenters. The fourth-order valence-electron chi connectivity index (χ4n) is 4.11. The number of likely N-dealkylation sites (tertiary alicyclic amines) is 1. The summed E-state index contributed by atoms with van der Waals surface area (Å²) >= 11 is 0. The summed E-state index contributed by atoms with van der Waals surface area (Å²) in [6, 6.07) is 12.0. The number of hydrogen-bond acceptors (Lipinski definition) is 5. The van der Waals surface area contributed by atoms with Crippen LogP contribution in [0, 0.1) is 0 Å². The minimum Gasteiger partial charge on any atom is -0.493 e. The Morgan fingerprint density at radius 3 is 2.46 bits per heavy atom. The molecule has 0 amide bonds. The van der Waals surface area contributed by atoms with Gasteiger partial charge < -0.3 is 14.2 Å². The Kier molecular flexibility index (Phi) is 5.53. The van der Waals surface area contributed by atoms with E-state index >= 15 is 0 Å². The first kappa shape index (κ1) is 18.8. The molecule has 2 aromatic carbocycles. The zero-order valence-corrected chi connectivity index (χ0v) is 16.6. The molecule has 1 fully saturated rings. The van der Waals surface area contributed by atoms with Gasteiger partial charge in [-0.15, -0.1) is 0 Å². The zero-order valence-electron chi connectivity index (χ0n) is 16.6. The number of methoxy groups -OCH3 is 2. The number of carbonyl (C=O) groups is 1. The van der Waals surface area contributed by atoms with Gasteiger partial charge in [-0.05, 0) is 43.1 Å². The molecule has 1 unspecified atom stereocenters. The van der Waals surface area contributed by atoms with Gasteiger partial charge in [0.1, 0.15) is 5.75 Å². The SMILES string of the molecule is COc1cc2c(cc1OC)C(=O)C(Cc1cccc(CN3CCCCC3)c1)O2. The second-order valence-electron chi connectivity index (χ2n) is 7.53. The van der Waals surface area contributed by atoms with Crippen molar-refractivity contribution in [3.63, 3.8) is 0 Å². The van der Waals surface area contributed by atoms with E-state index in [4.69, 9.17) is 14.2 Å². The third-order valence-electron chi connectivity index (χ3n) is 5.58. The highest BCUT2D eigenvalue weighted by Crippen LogP contribution is 2.39. The van der Waals surface area contributed by atoms with E-state index in [0.717, 1.165) is 12.1 Å². The highest BCUT2D eigenvalue weighted by molar-refractivity contribution is 6.05. The molecule has 0 N–H and O–H groups in total. The van der Waals surface area contributed by atoms with E-state index in [0.29, 0.717) is 29.2 Å². The van der Waals surface area contributed by atoms with Gasteiger partial charge in [-0.3, -0.25) is 9.69 Å². The van der Waals surface area contributed by atoms with Crippen LogP contribution in [0.25, 0.3) is 0 Å². The maximum Gasteiger partial charge on any atom is 0.207 e. The zero-order chi connectivity index (χ0) is 19.5. The predicted octanol–water partition coefficient (Wildman–Crippen LogP) is 3.88. The molecule has 5 heteroatoms. The second-order valence-corrected chi connectivity index (χ2v) is 7.53. The van der Waals surface area contributed by atoms with Crippen molar-refractivity contribution >= 4 is 5.78 Å². The molecule has 1 saturated heterocycles. The Balaban J connectivity index is 1.47. The minimum absolute atomic E-state index is 0.00242. The molecule has 2 aliphatic heterocycles. The van der Waals surface area contributed by atoms with Crippen molar-refractivity contribution in [1.82, 2.24) is 4.90 Å². The van der Waals surface area contributed by atoms with Gasteiger partial charge in [-0.1, -0.05) is 30.7 Å². The van der Waals surface area contributed by atoms with Crippen LogP contribution >= 0.6 is 0 Å². The third kappa shape index (κ3) is 3.85. The number of ketones is 1. The molecule has 0 bridgehead atoms. The summed E-state index contributed by atoms with van der Waals surface area (Å²) < 4.78 is 16.6. The molecule has 5 nitrogen and oxygen atoms in total. The number of piperidine rings is 1. The molecule has 0 saturated carbocycles. The van der Waals surface area contributed by atoms with Crippen LogP contribution in [-0.2, 0) is 13.0 Å². The van der Waals surface area contributed by atoms with Gasteiger partial charge in [0.2, 0.25) is 5.78 Å². The Hall–Kier alpha value is -2.53. The monoisotopic (exact) mass is 381 g/mol. The molecule has 28 heavy (non-hydrogen) atoms. The first-order valence-corrected chi connectivity index (χ1v) is 9.95. The van der Waals surface area contributed by atoms with E-state index in [9.17, 15) is 4.79 Å². The number of nitrogens with zero attached hydrogens (tertiary/aromatic N) is 1. The summed E-state index contributed by atoms with van der Waals surface area (Å²) in [6.45, 7) is 3.32. The molecule has 0 spiro atoms. The summed E-state index contributed by atoms with van der Waals surface area (Å²) in [5.74, 6) is 1.68. The van der Waals surface area contributed by atoms with Gasteiger partial charge in [0.25, 0.3) is 0 Å². The van der Waals surface area contributed by atoms with Crippen LogP contribution in [0.1, 0.15) is 40.7 Å². The first-order valence-electron chi connectivity index (χ1n) is 9.95. The van der Waals surface area contributed by atoms with Crippen LogP contribution < -0.4 is 14.2 Å². The van der Waals surface area contributed by atoms with E-state index < -0.39 is 6.10 Å². The summed E-state index contributed by atoms with van der Waals surface area (Å²) in [5, 5.41) is 0. The number of fused-ring (bicyclic) bond motifs is 1. The Morgan fingerprint density at radius 2 is 1.71 bits per heavy atom. The van der Waals surface area contributed by atoms with Crippen LogP contribution in [0.3, 0.4) is 0 Å². The van der Waals surface area contributed by atoms with Crippen molar-refractivity contribution in [3.05, 3.63) is 53.1 Å². The summed E-state index contributed by atoms with van der Waals surface area (Å²) in [6.07, 6.45) is 3.97. The van der Waals surface area contributed by atoms with Gasteiger partial charge in [0.15, 0.2) is 17.6 Å². The van der Waals surface area contributed by atoms with Crippen LogP contribution in [-0.4, -0.2) is 44.1 Å². The highest BCUT2D eigenvalue weighted by atomic mass is 16.5. The molecule has 4 rings (SSSR count). The van der Waals surface area contributed by atoms with E-state index in [1.807, 2.05) is 0 Å². The molecule has 148 valence electrons. The molecule has 0 aliphatic carbocycles. The first-order chi connectivity index (χ1) is 13.7. The summed E-state index contributed by atoms with van der Waals surface area (Å²) in [5.41, 5.74) is 2.98. The van der Waals surface area contributed by atoms with E-state index in [1.54, 1.807) is 26.4 Å². The van der Waals surface area contributed by atoms with Crippen LogP contribution in [0.5, 0.6) is 17.2 Å². The van der Waals surface area contributed by atoms with Crippen molar-refractivity contribution in [3.8, 4) is 17.2 Å². The average Bonchev–Trinajstić information content (AvgIpc) is 3.02. The van der Waals surface area contributed by atoms with Crippen LogP contribution in [0.15, 0.2) is 36.4 Å². The van der Waals surface area contributed by atoms with Crippen molar-refractivity contribution in [1.29, 1.82) is 0 Å². The van der Waals surface area contributed by atoms with E-state index in [-0.39, 0.29) is 5.78 Å². The smallest absolute Gasteiger partial charge is 0.207 e. The lowest BCUT2D eigenvalue weighted by Gasteiger charge is -2.26. The number of Topliss-reactive ketones (excluding diaryl/α,β-unsaturated/α-hetero) is 1. The van der Waals surface area contributed by atoms with Crippen molar-refractivity contribution in [2.45, 2.75) is 38.3 Å². The number of benzene rings is 2. The molecule has 2 heterocycles. The predicted molar refractivity (Wildman–Crippen MR) is 108 cm³/mol. The third-order valence-corrected chi connectivity index (χ3v) is 5.58. The van der Waals surface area contributed by atoms with Crippen molar-refractivity contribution in [2.24, 2.45) is 0 Å². The normalized spacial score (nSPS) is 19.2. The molecule has 0 radical (unpaired) electrons. The number of carbonyl (C=O) groups excluding carboxylic acids is 1. The van der Waals surface area contributed by atoms with Gasteiger partial charge in [-0.2, -0.15) is 0 Å². The van der Waals surface area contributed by atoms with E-state index in [1.165, 1.54) is 37.9 Å². The molecule has 0 aromatic heterocycles. The van der Waals surface area contributed by atoms with Gasteiger partial charge >= 0.3 is 0 Å². The maximum atomic E-state index is 12.8. The molecule has 2 aliphatic rings. The molecular weight excluding hydrogens is 354 g/mol. The lowest BCUT2D eigenvalue weighted by molar-refractivity contribution is 0.0857. The maximum absolute atomic E-state index is 12.8. The van der Waals surface area contributed by atoms with E-state index in [2.05, 4.69) is 29.2 Å². The Morgan fingerprint density at radius 1 is 1.00 bits per heavy atom. The van der Waals surface area contributed by atoms with Crippen molar-refractivity contribution in [2.75, 3.05) is 27.3 Å². The van der Waals surface area contributed by atoms with Crippen molar-refractivity contribution < 1.29 is 19.0 Å². The molecular formula is C23H27NO4. The van der Waals surface area contributed by atoms with Gasteiger partial charge in [0.05, 0.1) is 19.8 Å². The van der Waals surface area contributed by atoms with Crippen LogP contribution in [0.4, 0.5) is 0 Å². The fourth-order valence-corrected chi connectivity index (χ4v) is 4.11. The number of hydrogen-bond donors (Lipinski definition) is 0. The summed E-state index contributed by atoms with van der Waals surface area (Å²) in [4.78, 5) is 15.3. The lowest BCUT2D eigenvalue weighted by atomic mass is 10.00. The van der Waals surface area contributed by atoms with Crippen LogP contribution in [0.2, 0.25) is 0 Å². The number of rotatable bonds is 6. The number of ether oxygens (including phenoxy) is 3. The largest absolute Gasteiger partial charge is 0.493 e. The van der Waals surface area contributed by atoms with Gasteiger partial charge in [0, 0.05) is 19.0 Å². The Labute approximate surface area is 166 Å². The standard InChI is InChI=1S/C23H27NO4/c1-26-20-13-18-19(14-21(20)27-2)28-22(23(18)25)12-16-7-6-8-17(11-16)15-24-9-4-3-5-10-24/h6-8,11,13-14,22H,3-5,9-10,12,15H2,1-2H3. The lowest BCUT2D eigenvalue weighted by Crippen LogP contribution is -2.29. The Bertz CT molecular complexity index is 858. The van der Waals surface area contributed by atoms with Gasteiger partial charge in [-0.25, -0.2) is 0 Å². The summed E-state index contributed by atoms with van der Waals surface area (Å²) in [7, 11) is 3.14. The quantitative estimate of drug-likeness (QED) is 0.760. The molecule has 2 aromatic rings. The highest BCUT2D eigenvalue weighted by Gasteiger charge is 2.34.